The SMILES string of the molecule is CC(C)C1=NCN=C1C(C)C. The second-order valence-corrected chi connectivity index (χ2v) is 3.54. The fourth-order valence-corrected chi connectivity index (χ4v) is 1.31. The van der Waals surface area contributed by atoms with Crippen molar-refractivity contribution >= 4 is 11.4 Å². The molecular weight excluding hydrogens is 136 g/mol. The molecule has 0 N–H and O–H groups in total. The van der Waals surface area contributed by atoms with Gasteiger partial charge in [0.2, 0.25) is 0 Å². The van der Waals surface area contributed by atoms with Crippen molar-refractivity contribution in [2.75, 3.05) is 6.67 Å². The van der Waals surface area contributed by atoms with Gasteiger partial charge < -0.3 is 0 Å². The molecule has 1 rings (SSSR count). The molecule has 1 aliphatic rings. The summed E-state index contributed by atoms with van der Waals surface area (Å²) < 4.78 is 0. The lowest BCUT2D eigenvalue weighted by Gasteiger charge is -2.10. The van der Waals surface area contributed by atoms with E-state index in [1.54, 1.807) is 0 Å². The third-order valence-electron chi connectivity index (χ3n) is 1.84. The lowest BCUT2D eigenvalue weighted by atomic mass is 9.96. The van der Waals surface area contributed by atoms with Crippen LogP contribution in [0.15, 0.2) is 9.98 Å². The molecule has 2 heteroatoms. The second kappa shape index (κ2) is 3.16. The predicted molar refractivity (Wildman–Crippen MR) is 49.4 cm³/mol. The van der Waals surface area contributed by atoms with E-state index in [1.165, 1.54) is 11.4 Å². The minimum atomic E-state index is 0.527. The molecule has 1 aliphatic heterocycles. The van der Waals surface area contributed by atoms with Crippen molar-refractivity contribution in [1.29, 1.82) is 0 Å². The average molecular weight is 152 g/mol. The first-order valence-corrected chi connectivity index (χ1v) is 4.22. The first-order chi connectivity index (χ1) is 5.13. The van der Waals surface area contributed by atoms with E-state index < -0.39 is 0 Å². The second-order valence-electron chi connectivity index (χ2n) is 3.54. The van der Waals surface area contributed by atoms with E-state index in [2.05, 4.69) is 37.7 Å². The smallest absolute Gasteiger partial charge is 0.130 e. The summed E-state index contributed by atoms with van der Waals surface area (Å²) in [5, 5.41) is 0. The highest BCUT2D eigenvalue weighted by molar-refractivity contribution is 6.44. The van der Waals surface area contributed by atoms with Gasteiger partial charge in [-0.25, -0.2) is 0 Å². The van der Waals surface area contributed by atoms with Crippen LogP contribution in [0.2, 0.25) is 0 Å². The van der Waals surface area contributed by atoms with Gasteiger partial charge in [-0.2, -0.15) is 0 Å². The third kappa shape index (κ3) is 1.67. The summed E-state index contributed by atoms with van der Waals surface area (Å²) in [6.45, 7) is 9.33. The van der Waals surface area contributed by atoms with Gasteiger partial charge in [-0.3, -0.25) is 9.98 Å². The van der Waals surface area contributed by atoms with Crippen LogP contribution in [0, 0.1) is 11.8 Å². The van der Waals surface area contributed by atoms with Crippen LogP contribution in [-0.4, -0.2) is 18.1 Å². The topological polar surface area (TPSA) is 24.7 Å². The quantitative estimate of drug-likeness (QED) is 0.579. The van der Waals surface area contributed by atoms with Gasteiger partial charge in [0.25, 0.3) is 0 Å². The minimum Gasteiger partial charge on any atom is -0.264 e. The van der Waals surface area contributed by atoms with E-state index in [1.807, 2.05) is 0 Å². The van der Waals surface area contributed by atoms with Crippen molar-refractivity contribution in [3.63, 3.8) is 0 Å². The summed E-state index contributed by atoms with van der Waals surface area (Å²) in [6.07, 6.45) is 0. The molecule has 0 bridgehead atoms. The molecule has 0 atom stereocenters. The van der Waals surface area contributed by atoms with Gasteiger partial charge in [-0.15, -0.1) is 0 Å². The molecule has 62 valence electrons. The number of rotatable bonds is 2. The van der Waals surface area contributed by atoms with Crippen molar-refractivity contribution in [1.82, 2.24) is 0 Å². The monoisotopic (exact) mass is 152 g/mol. The highest BCUT2D eigenvalue weighted by Gasteiger charge is 2.18. The Labute approximate surface area is 68.4 Å². The largest absolute Gasteiger partial charge is 0.264 e. The number of hydrogen-bond donors (Lipinski definition) is 0. The molecule has 0 aromatic carbocycles. The number of hydrogen-bond acceptors (Lipinski definition) is 2. The Bertz CT molecular complexity index is 178. The summed E-state index contributed by atoms with van der Waals surface area (Å²) in [4.78, 5) is 8.70. The predicted octanol–water partition coefficient (Wildman–Crippen LogP) is 2.15. The maximum absolute atomic E-state index is 4.35. The molecule has 0 amide bonds. The van der Waals surface area contributed by atoms with Crippen LogP contribution >= 0.6 is 0 Å². The Morgan fingerprint density at radius 2 is 1.27 bits per heavy atom. The molecule has 0 saturated heterocycles. The van der Waals surface area contributed by atoms with Gasteiger partial charge in [0, 0.05) is 0 Å². The Hall–Kier alpha value is -0.660. The zero-order chi connectivity index (χ0) is 8.43. The molecule has 11 heavy (non-hydrogen) atoms. The molecule has 0 aliphatic carbocycles. The van der Waals surface area contributed by atoms with E-state index in [0.29, 0.717) is 18.5 Å². The summed E-state index contributed by atoms with van der Waals surface area (Å²) in [5.74, 6) is 1.05. The number of aliphatic imine (C=N–C) groups is 2. The fourth-order valence-electron chi connectivity index (χ4n) is 1.31. The van der Waals surface area contributed by atoms with Gasteiger partial charge in [-0.1, -0.05) is 27.7 Å². The van der Waals surface area contributed by atoms with E-state index in [0.717, 1.165) is 0 Å². The molecule has 2 nitrogen and oxygen atoms in total. The molecule has 0 unspecified atom stereocenters. The lowest BCUT2D eigenvalue weighted by Crippen LogP contribution is -2.22. The van der Waals surface area contributed by atoms with E-state index in [-0.39, 0.29) is 0 Å². The first kappa shape index (κ1) is 8.44. The fraction of sp³-hybridized carbons (Fsp3) is 0.778. The lowest BCUT2D eigenvalue weighted by molar-refractivity contribution is 0.862. The van der Waals surface area contributed by atoms with Crippen molar-refractivity contribution in [2.24, 2.45) is 21.8 Å². The third-order valence-corrected chi connectivity index (χ3v) is 1.84. The Morgan fingerprint density at radius 3 is 1.55 bits per heavy atom. The molecule has 0 fully saturated rings. The molecule has 1 heterocycles. The zero-order valence-corrected chi connectivity index (χ0v) is 7.76. The molecule has 0 aromatic rings. The summed E-state index contributed by atoms with van der Waals surface area (Å²) >= 11 is 0. The van der Waals surface area contributed by atoms with Gasteiger partial charge in [0.15, 0.2) is 0 Å². The van der Waals surface area contributed by atoms with Gasteiger partial charge in [0.05, 0.1) is 11.4 Å². The van der Waals surface area contributed by atoms with Crippen LogP contribution < -0.4 is 0 Å². The van der Waals surface area contributed by atoms with E-state index >= 15 is 0 Å². The van der Waals surface area contributed by atoms with Gasteiger partial charge in [0.1, 0.15) is 6.67 Å². The molecule has 0 radical (unpaired) electrons. The van der Waals surface area contributed by atoms with Crippen LogP contribution in [0.1, 0.15) is 27.7 Å². The molecular formula is C9H16N2. The van der Waals surface area contributed by atoms with Crippen LogP contribution in [0.5, 0.6) is 0 Å². The van der Waals surface area contributed by atoms with Crippen molar-refractivity contribution in [2.45, 2.75) is 27.7 Å². The maximum Gasteiger partial charge on any atom is 0.130 e. The Balaban J connectivity index is 2.76. The molecule has 0 spiro atoms. The van der Waals surface area contributed by atoms with E-state index in [9.17, 15) is 0 Å². The summed E-state index contributed by atoms with van der Waals surface area (Å²) in [5.41, 5.74) is 2.42. The van der Waals surface area contributed by atoms with Crippen LogP contribution in [0.3, 0.4) is 0 Å². The van der Waals surface area contributed by atoms with Gasteiger partial charge >= 0.3 is 0 Å². The first-order valence-electron chi connectivity index (χ1n) is 4.22. The summed E-state index contributed by atoms with van der Waals surface area (Å²) in [7, 11) is 0. The Kier molecular flexibility index (Phi) is 2.42. The average Bonchev–Trinajstić information content (AvgIpc) is 2.32. The Morgan fingerprint density at radius 1 is 0.909 bits per heavy atom. The minimum absolute atomic E-state index is 0.527. The highest BCUT2D eigenvalue weighted by atomic mass is 15.0. The van der Waals surface area contributed by atoms with Crippen molar-refractivity contribution in [3.8, 4) is 0 Å². The van der Waals surface area contributed by atoms with Crippen molar-refractivity contribution < 1.29 is 0 Å². The summed E-state index contributed by atoms with van der Waals surface area (Å²) in [6, 6.07) is 0. The zero-order valence-electron chi connectivity index (χ0n) is 7.76. The van der Waals surface area contributed by atoms with Crippen LogP contribution in [0.4, 0.5) is 0 Å². The number of nitrogens with zero attached hydrogens (tertiary/aromatic N) is 2. The van der Waals surface area contributed by atoms with Gasteiger partial charge in [-0.05, 0) is 11.8 Å². The van der Waals surface area contributed by atoms with Crippen molar-refractivity contribution in [3.05, 3.63) is 0 Å². The van der Waals surface area contributed by atoms with Crippen LogP contribution in [-0.2, 0) is 0 Å². The molecule has 0 saturated carbocycles. The standard InChI is InChI=1S/C9H16N2/c1-6(2)8-9(7(3)4)11-5-10-8/h6-7H,5H2,1-4H3. The van der Waals surface area contributed by atoms with E-state index in [4.69, 9.17) is 0 Å². The highest BCUT2D eigenvalue weighted by Crippen LogP contribution is 2.12. The maximum atomic E-state index is 4.35. The molecule has 0 aromatic heterocycles. The van der Waals surface area contributed by atoms with Crippen LogP contribution in [0.25, 0.3) is 0 Å². The normalized spacial score (nSPS) is 17.6.